The van der Waals surface area contributed by atoms with E-state index in [1.165, 1.54) is 24.3 Å². The Morgan fingerprint density at radius 1 is 0.930 bits per heavy atom. The molecule has 3 aromatic carbocycles. The number of fused-ring (bicyclic) bond motifs is 1. The molecule has 1 aromatic heterocycles. The molecule has 0 aliphatic heterocycles. The zero-order valence-electron chi connectivity index (χ0n) is 24.7. The number of rotatable bonds is 10. The summed E-state index contributed by atoms with van der Waals surface area (Å²) in [5.74, 6) is -3.93. The molecule has 0 saturated carbocycles. The number of alkyl halides is 3. The number of nitrogens with zero attached hydrogens (tertiary/aromatic N) is 1. The SMILES string of the molecule is CCCN(CCC)Cc1c(OC(=O)c2ccc(F)cc2)ccc2c(=O)c(Oc3cc(C)cc(C)c3C)c(C(F)(F)F)oc12. The largest absolute Gasteiger partial charge is 0.453 e. The Hall–Kier alpha value is -4.18. The number of carbonyl (C=O) groups is 1. The number of carbonyl (C=O) groups excluding carboxylic acids is 1. The van der Waals surface area contributed by atoms with Crippen molar-refractivity contribution in [2.24, 2.45) is 0 Å². The molecule has 0 unspecified atom stereocenters. The van der Waals surface area contributed by atoms with Crippen LogP contribution in [0, 0.1) is 26.6 Å². The van der Waals surface area contributed by atoms with E-state index in [9.17, 15) is 27.2 Å². The van der Waals surface area contributed by atoms with Crippen LogP contribution in [0.1, 0.15) is 65.1 Å². The van der Waals surface area contributed by atoms with E-state index in [4.69, 9.17) is 13.9 Å². The first-order valence-corrected chi connectivity index (χ1v) is 14.0. The van der Waals surface area contributed by atoms with E-state index in [0.717, 1.165) is 36.1 Å². The molecule has 10 heteroatoms. The van der Waals surface area contributed by atoms with Crippen molar-refractivity contribution in [1.82, 2.24) is 4.90 Å². The first-order chi connectivity index (χ1) is 20.3. The van der Waals surface area contributed by atoms with E-state index in [1.807, 2.05) is 24.8 Å². The summed E-state index contributed by atoms with van der Waals surface area (Å²) in [5.41, 5.74) is 0.889. The standard InChI is InChI=1S/C33H33F4NO5/c1-6-14-38(15-7-2)18-25-26(42-32(40)22-8-10-23(34)11-9-22)13-12-24-28(39)30(31(33(35,36)37)43-29(24)25)41-27-17-19(3)16-20(4)21(27)5/h8-13,16-17H,6-7,14-15,18H2,1-5H3. The van der Waals surface area contributed by atoms with Gasteiger partial charge in [0.1, 0.15) is 22.9 Å². The minimum atomic E-state index is -5.08. The lowest BCUT2D eigenvalue weighted by Gasteiger charge is -2.23. The molecule has 0 aliphatic rings. The van der Waals surface area contributed by atoms with Gasteiger partial charge in [-0.05, 0) is 106 Å². The number of benzene rings is 3. The molecule has 0 radical (unpaired) electrons. The van der Waals surface area contributed by atoms with Crippen molar-refractivity contribution in [3.05, 3.63) is 98.1 Å². The van der Waals surface area contributed by atoms with Gasteiger partial charge in [0.2, 0.25) is 11.2 Å². The average Bonchev–Trinajstić information content (AvgIpc) is 2.93. The van der Waals surface area contributed by atoms with Gasteiger partial charge >= 0.3 is 12.1 Å². The molecule has 4 rings (SSSR count). The summed E-state index contributed by atoms with van der Waals surface area (Å²) in [6.45, 7) is 10.4. The van der Waals surface area contributed by atoms with Crippen LogP contribution in [0.4, 0.5) is 17.6 Å². The van der Waals surface area contributed by atoms with Crippen molar-refractivity contribution in [2.45, 2.75) is 60.2 Å². The van der Waals surface area contributed by atoms with Gasteiger partial charge in [0.25, 0.3) is 5.76 Å². The summed E-state index contributed by atoms with van der Waals surface area (Å²) in [7, 11) is 0. The first-order valence-electron chi connectivity index (χ1n) is 14.0. The van der Waals surface area contributed by atoms with Crippen LogP contribution in [0.5, 0.6) is 17.2 Å². The van der Waals surface area contributed by atoms with E-state index >= 15 is 0 Å². The van der Waals surface area contributed by atoms with E-state index in [-0.39, 0.29) is 40.1 Å². The lowest BCUT2D eigenvalue weighted by molar-refractivity contribution is -0.154. The fourth-order valence-electron chi connectivity index (χ4n) is 4.89. The molecule has 0 N–H and O–H groups in total. The molecule has 0 atom stereocenters. The van der Waals surface area contributed by atoms with Gasteiger partial charge in [-0.2, -0.15) is 13.2 Å². The van der Waals surface area contributed by atoms with Gasteiger partial charge in [-0.25, -0.2) is 9.18 Å². The third-order valence-electron chi connectivity index (χ3n) is 7.06. The number of hydrogen-bond acceptors (Lipinski definition) is 6. The Bertz CT molecular complexity index is 1690. The predicted octanol–water partition coefficient (Wildman–Crippen LogP) is 8.51. The summed E-state index contributed by atoms with van der Waals surface area (Å²) in [4.78, 5) is 28.6. The summed E-state index contributed by atoms with van der Waals surface area (Å²) in [5, 5.41) is -0.158. The second-order valence-electron chi connectivity index (χ2n) is 10.5. The highest BCUT2D eigenvalue weighted by Crippen LogP contribution is 2.41. The monoisotopic (exact) mass is 599 g/mol. The Labute approximate surface area is 246 Å². The quantitative estimate of drug-likeness (QED) is 0.103. The maximum atomic E-state index is 14.5. The van der Waals surface area contributed by atoms with Gasteiger partial charge in [0.05, 0.1) is 16.5 Å². The zero-order valence-corrected chi connectivity index (χ0v) is 24.7. The molecular formula is C33H33F4NO5. The van der Waals surface area contributed by atoms with Gasteiger partial charge in [-0.1, -0.05) is 19.9 Å². The van der Waals surface area contributed by atoms with Crippen LogP contribution >= 0.6 is 0 Å². The van der Waals surface area contributed by atoms with E-state index in [0.29, 0.717) is 18.7 Å². The molecular weight excluding hydrogens is 566 g/mol. The summed E-state index contributed by atoms with van der Waals surface area (Å²) in [6, 6.07) is 10.7. The lowest BCUT2D eigenvalue weighted by Crippen LogP contribution is -2.26. The fraction of sp³-hybridized carbons (Fsp3) is 0.333. The molecule has 0 bridgehead atoms. The Morgan fingerprint density at radius 3 is 2.19 bits per heavy atom. The molecule has 0 spiro atoms. The molecule has 0 saturated heterocycles. The van der Waals surface area contributed by atoms with Crippen LogP contribution in [0.15, 0.2) is 57.7 Å². The highest BCUT2D eigenvalue weighted by Gasteiger charge is 2.41. The normalized spacial score (nSPS) is 11.8. The number of halogens is 4. The third-order valence-corrected chi connectivity index (χ3v) is 7.06. The van der Waals surface area contributed by atoms with Gasteiger partial charge in [0.15, 0.2) is 0 Å². The third kappa shape index (κ3) is 7.07. The van der Waals surface area contributed by atoms with Crippen molar-refractivity contribution in [1.29, 1.82) is 0 Å². The van der Waals surface area contributed by atoms with Crippen molar-refractivity contribution in [3.8, 4) is 17.2 Å². The number of hydrogen-bond donors (Lipinski definition) is 0. The topological polar surface area (TPSA) is 69.0 Å². The summed E-state index contributed by atoms with van der Waals surface area (Å²) < 4.78 is 73.7. The van der Waals surface area contributed by atoms with Crippen molar-refractivity contribution in [2.75, 3.05) is 13.1 Å². The van der Waals surface area contributed by atoms with Gasteiger partial charge in [-0.3, -0.25) is 9.69 Å². The summed E-state index contributed by atoms with van der Waals surface area (Å²) in [6.07, 6.45) is -3.58. The fourth-order valence-corrected chi connectivity index (χ4v) is 4.89. The molecule has 228 valence electrons. The number of ether oxygens (including phenoxy) is 2. The molecule has 0 amide bonds. The summed E-state index contributed by atoms with van der Waals surface area (Å²) >= 11 is 0. The van der Waals surface area contributed by atoms with Crippen molar-refractivity contribution >= 4 is 16.9 Å². The molecule has 0 aliphatic carbocycles. The maximum Gasteiger partial charge on any atom is 0.453 e. The molecule has 6 nitrogen and oxygen atoms in total. The Balaban J connectivity index is 1.94. The molecule has 4 aromatic rings. The number of esters is 1. The van der Waals surface area contributed by atoms with Crippen LogP contribution in [-0.4, -0.2) is 24.0 Å². The number of aryl methyl sites for hydroxylation is 2. The van der Waals surface area contributed by atoms with Gasteiger partial charge in [0, 0.05) is 6.54 Å². The minimum Gasteiger partial charge on any atom is -0.449 e. The van der Waals surface area contributed by atoms with Crippen LogP contribution in [0.3, 0.4) is 0 Å². The first kappa shape index (κ1) is 31.7. The van der Waals surface area contributed by atoms with Crippen LogP contribution < -0.4 is 14.9 Å². The lowest BCUT2D eigenvalue weighted by atomic mass is 10.1. The van der Waals surface area contributed by atoms with Crippen LogP contribution in [0.2, 0.25) is 0 Å². The highest BCUT2D eigenvalue weighted by atomic mass is 19.4. The van der Waals surface area contributed by atoms with E-state index < -0.39 is 34.9 Å². The molecule has 0 fully saturated rings. The molecule has 43 heavy (non-hydrogen) atoms. The Kier molecular flexibility index (Phi) is 9.59. The second kappa shape index (κ2) is 13.0. The van der Waals surface area contributed by atoms with Crippen LogP contribution in [0.25, 0.3) is 11.0 Å². The van der Waals surface area contributed by atoms with Gasteiger partial charge in [-0.15, -0.1) is 0 Å². The van der Waals surface area contributed by atoms with Crippen molar-refractivity contribution in [3.63, 3.8) is 0 Å². The van der Waals surface area contributed by atoms with Crippen molar-refractivity contribution < 1.29 is 36.2 Å². The molecule has 1 heterocycles. The maximum absolute atomic E-state index is 14.5. The predicted molar refractivity (Wildman–Crippen MR) is 155 cm³/mol. The highest BCUT2D eigenvalue weighted by molar-refractivity contribution is 5.92. The second-order valence-corrected chi connectivity index (χ2v) is 10.5. The Morgan fingerprint density at radius 2 is 1.58 bits per heavy atom. The van der Waals surface area contributed by atoms with Crippen LogP contribution in [-0.2, 0) is 12.7 Å². The zero-order chi connectivity index (χ0) is 31.5. The van der Waals surface area contributed by atoms with E-state index in [1.54, 1.807) is 26.8 Å². The smallest absolute Gasteiger partial charge is 0.449 e. The average molecular weight is 600 g/mol. The minimum absolute atomic E-state index is 0.0384. The van der Waals surface area contributed by atoms with E-state index in [2.05, 4.69) is 0 Å². The van der Waals surface area contributed by atoms with Gasteiger partial charge < -0.3 is 13.9 Å².